The van der Waals surface area contributed by atoms with Crippen molar-refractivity contribution in [1.82, 2.24) is 30.2 Å². The largest absolute Gasteiger partial charge is 0.367 e. The molecule has 2 aromatic heterocycles. The summed E-state index contributed by atoms with van der Waals surface area (Å²) in [5.41, 5.74) is 1.99. The van der Waals surface area contributed by atoms with Crippen LogP contribution in [0.4, 0.5) is 5.82 Å². The lowest BCUT2D eigenvalue weighted by atomic mass is 9.95. The van der Waals surface area contributed by atoms with Gasteiger partial charge in [-0.2, -0.15) is 0 Å². The second-order valence-corrected chi connectivity index (χ2v) is 6.77. The molecule has 3 heterocycles. The van der Waals surface area contributed by atoms with E-state index in [9.17, 15) is 0 Å². The average molecular weight is 337 g/mol. The molecule has 1 aliphatic heterocycles. The first-order valence-electron chi connectivity index (χ1n) is 8.88. The smallest absolute Gasteiger partial charge is 0.200 e. The average Bonchev–Trinajstić information content (AvgIpc) is 3.12. The summed E-state index contributed by atoms with van der Waals surface area (Å²) >= 11 is 0. The van der Waals surface area contributed by atoms with Crippen LogP contribution in [0.2, 0.25) is 0 Å². The Morgan fingerprint density at radius 1 is 1.12 bits per heavy atom. The van der Waals surface area contributed by atoms with Gasteiger partial charge in [-0.25, -0.2) is 0 Å². The van der Waals surface area contributed by atoms with E-state index in [0.29, 0.717) is 11.7 Å². The molecule has 1 fully saturated rings. The van der Waals surface area contributed by atoms with E-state index < -0.39 is 0 Å². The molecule has 7 nitrogen and oxygen atoms in total. The molecule has 3 aromatic rings. The van der Waals surface area contributed by atoms with E-state index in [4.69, 9.17) is 0 Å². The minimum atomic E-state index is 0.333. The summed E-state index contributed by atoms with van der Waals surface area (Å²) in [5.74, 6) is 1.61. The van der Waals surface area contributed by atoms with Crippen LogP contribution in [0.25, 0.3) is 5.65 Å². The fourth-order valence-corrected chi connectivity index (χ4v) is 3.42. The minimum absolute atomic E-state index is 0.333. The van der Waals surface area contributed by atoms with Crippen molar-refractivity contribution in [3.8, 4) is 0 Å². The monoisotopic (exact) mass is 337 g/mol. The number of hydrogen-bond acceptors (Lipinski definition) is 6. The van der Waals surface area contributed by atoms with Gasteiger partial charge in [0.05, 0.1) is 6.04 Å². The quantitative estimate of drug-likeness (QED) is 0.771. The molecule has 1 saturated heterocycles. The van der Waals surface area contributed by atoms with Gasteiger partial charge in [-0.3, -0.25) is 4.90 Å². The van der Waals surface area contributed by atoms with Crippen LogP contribution in [0.3, 0.4) is 0 Å². The second kappa shape index (κ2) is 7.14. The van der Waals surface area contributed by atoms with E-state index in [2.05, 4.69) is 68.1 Å². The predicted octanol–water partition coefficient (Wildman–Crippen LogP) is 2.40. The third-order valence-corrected chi connectivity index (χ3v) is 4.99. The van der Waals surface area contributed by atoms with Crippen molar-refractivity contribution in [2.24, 2.45) is 5.92 Å². The summed E-state index contributed by atoms with van der Waals surface area (Å²) in [4.78, 5) is 2.58. The number of rotatable bonds is 5. The molecule has 7 heteroatoms. The third kappa shape index (κ3) is 3.61. The highest BCUT2D eigenvalue weighted by atomic mass is 15.6. The number of fused-ring (bicyclic) bond motifs is 1. The van der Waals surface area contributed by atoms with Gasteiger partial charge in [-0.05, 0) is 60.0 Å². The van der Waals surface area contributed by atoms with E-state index in [1.165, 1.54) is 23.0 Å². The molecule has 1 aliphatic rings. The summed E-state index contributed by atoms with van der Waals surface area (Å²) < 4.78 is 1.45. The van der Waals surface area contributed by atoms with E-state index in [0.717, 1.165) is 31.4 Å². The van der Waals surface area contributed by atoms with Gasteiger partial charge in [0.2, 0.25) is 0 Å². The maximum Gasteiger partial charge on any atom is 0.200 e. The van der Waals surface area contributed by atoms with Gasteiger partial charge in [-0.15, -0.1) is 14.8 Å². The number of likely N-dealkylation sites (tertiary alicyclic amines) is 1. The van der Waals surface area contributed by atoms with Crippen molar-refractivity contribution in [3.63, 3.8) is 0 Å². The zero-order valence-electron chi connectivity index (χ0n) is 14.4. The lowest BCUT2D eigenvalue weighted by Gasteiger charge is -2.37. The van der Waals surface area contributed by atoms with Crippen LogP contribution >= 0.6 is 0 Å². The summed E-state index contributed by atoms with van der Waals surface area (Å²) in [6.45, 7) is 5.43. The molecular formula is C18H23N7. The molecule has 0 spiro atoms. The van der Waals surface area contributed by atoms with Crippen LogP contribution in [0.1, 0.15) is 31.4 Å². The van der Waals surface area contributed by atoms with Gasteiger partial charge in [0, 0.05) is 6.54 Å². The van der Waals surface area contributed by atoms with Gasteiger partial charge in [0.15, 0.2) is 5.65 Å². The number of benzene rings is 1. The number of aromatic nitrogens is 5. The molecule has 0 amide bonds. The zero-order chi connectivity index (χ0) is 17.1. The molecule has 25 heavy (non-hydrogen) atoms. The first-order valence-corrected chi connectivity index (χ1v) is 8.88. The van der Waals surface area contributed by atoms with Gasteiger partial charge in [0.1, 0.15) is 5.82 Å². The van der Waals surface area contributed by atoms with Gasteiger partial charge in [-0.1, -0.05) is 37.3 Å². The number of hydrogen-bond donors (Lipinski definition) is 1. The molecule has 0 bridgehead atoms. The Hall–Kier alpha value is -2.54. The predicted molar refractivity (Wildman–Crippen MR) is 96.2 cm³/mol. The van der Waals surface area contributed by atoms with Crippen molar-refractivity contribution in [2.45, 2.75) is 25.8 Å². The number of piperidine rings is 1. The molecule has 130 valence electrons. The van der Waals surface area contributed by atoms with Crippen LogP contribution in [0, 0.1) is 5.92 Å². The lowest BCUT2D eigenvalue weighted by molar-refractivity contribution is 0.143. The number of nitrogens with one attached hydrogen (secondary N) is 1. The summed E-state index contributed by atoms with van der Waals surface area (Å²) in [7, 11) is 0. The van der Waals surface area contributed by atoms with Gasteiger partial charge >= 0.3 is 0 Å². The van der Waals surface area contributed by atoms with Gasteiger partial charge in [0.25, 0.3) is 0 Å². The van der Waals surface area contributed by atoms with E-state index >= 15 is 0 Å². The Labute approximate surface area is 147 Å². The number of anilines is 1. The van der Waals surface area contributed by atoms with Gasteiger partial charge < -0.3 is 5.32 Å². The Morgan fingerprint density at radius 3 is 2.72 bits per heavy atom. The van der Waals surface area contributed by atoms with E-state index in [-0.39, 0.29) is 0 Å². The van der Waals surface area contributed by atoms with Crippen molar-refractivity contribution < 1.29 is 0 Å². The Bertz CT molecular complexity index is 808. The van der Waals surface area contributed by atoms with E-state index in [1.807, 2.05) is 12.1 Å². The van der Waals surface area contributed by atoms with Crippen molar-refractivity contribution >= 4 is 11.5 Å². The molecule has 0 aliphatic carbocycles. The van der Waals surface area contributed by atoms with Crippen LogP contribution in [0.15, 0.2) is 42.5 Å². The maximum absolute atomic E-state index is 4.41. The van der Waals surface area contributed by atoms with Crippen LogP contribution in [0.5, 0.6) is 0 Å². The highest BCUT2D eigenvalue weighted by Gasteiger charge is 2.24. The summed E-state index contributed by atoms with van der Waals surface area (Å²) in [5, 5.41) is 19.2. The highest BCUT2D eigenvalue weighted by molar-refractivity contribution is 5.42. The first kappa shape index (κ1) is 16.0. The molecule has 0 unspecified atom stereocenters. The molecule has 4 rings (SSSR count). The van der Waals surface area contributed by atoms with Crippen molar-refractivity contribution in [2.75, 3.05) is 25.0 Å². The Kier molecular flexibility index (Phi) is 4.56. The van der Waals surface area contributed by atoms with Crippen LogP contribution < -0.4 is 5.32 Å². The number of tetrazole rings is 1. The minimum Gasteiger partial charge on any atom is -0.367 e. The fourth-order valence-electron chi connectivity index (χ4n) is 3.42. The molecule has 0 radical (unpaired) electrons. The molecular weight excluding hydrogens is 314 g/mol. The molecule has 0 saturated carbocycles. The Morgan fingerprint density at radius 2 is 1.92 bits per heavy atom. The highest BCUT2D eigenvalue weighted by Crippen LogP contribution is 2.27. The maximum atomic E-state index is 4.41. The molecule has 1 aromatic carbocycles. The Balaban J connectivity index is 1.51. The fraction of sp³-hybridized carbons (Fsp3) is 0.444. The second-order valence-electron chi connectivity index (χ2n) is 6.77. The standard InChI is InChI=1S/C18H23N7/c1-14-9-11-24(12-10-14)16(15-5-3-2-4-6-15)13-19-17-7-8-18-20-22-23-25(18)21-17/h2-8,14,16H,9-13H2,1H3,(H,19,21)/t16-/m0/s1. The summed E-state index contributed by atoms with van der Waals surface area (Å²) in [6, 6.07) is 14.8. The summed E-state index contributed by atoms with van der Waals surface area (Å²) in [6.07, 6.45) is 2.52. The number of nitrogens with zero attached hydrogens (tertiary/aromatic N) is 6. The van der Waals surface area contributed by atoms with Crippen LogP contribution in [-0.2, 0) is 0 Å². The van der Waals surface area contributed by atoms with Crippen LogP contribution in [-0.4, -0.2) is 49.8 Å². The molecule has 1 atom stereocenters. The normalized spacial score (nSPS) is 17.6. The topological polar surface area (TPSA) is 71.2 Å². The first-order chi connectivity index (χ1) is 12.3. The third-order valence-electron chi connectivity index (χ3n) is 4.99. The zero-order valence-corrected chi connectivity index (χ0v) is 14.4. The SMILES string of the molecule is CC1CCN([C@@H](CNc2ccc3nnnn3n2)c2ccccc2)CC1. The van der Waals surface area contributed by atoms with Crippen molar-refractivity contribution in [3.05, 3.63) is 48.0 Å². The lowest BCUT2D eigenvalue weighted by Crippen LogP contribution is -2.39. The molecule has 1 N–H and O–H groups in total. The van der Waals surface area contributed by atoms with E-state index in [1.54, 1.807) is 0 Å². The van der Waals surface area contributed by atoms with Crippen molar-refractivity contribution in [1.29, 1.82) is 0 Å².